The van der Waals surface area contributed by atoms with Gasteiger partial charge in [-0.25, -0.2) is 4.68 Å². The molecule has 2 amide bonds. The van der Waals surface area contributed by atoms with Crippen LogP contribution in [0, 0.1) is 0 Å². The molecule has 7 nitrogen and oxygen atoms in total. The zero-order chi connectivity index (χ0) is 26.7. The summed E-state index contributed by atoms with van der Waals surface area (Å²) in [4.78, 5) is 24.5. The summed E-state index contributed by atoms with van der Waals surface area (Å²) in [6.07, 6.45) is -9.36. The molecule has 0 fully saturated rings. The molecule has 36 heavy (non-hydrogen) atoms. The molecule has 1 aromatic heterocycles. The summed E-state index contributed by atoms with van der Waals surface area (Å²) >= 11 is 0. The van der Waals surface area contributed by atoms with E-state index >= 15 is 0 Å². The number of hydrogen-bond acceptors (Lipinski definition) is 4. The van der Waals surface area contributed by atoms with Crippen LogP contribution in [0.5, 0.6) is 0 Å². The maximum Gasteiger partial charge on any atom is 0.435 e. The van der Waals surface area contributed by atoms with E-state index in [-0.39, 0.29) is 18.8 Å². The number of nitrogens with one attached hydrogen (secondary N) is 2. The summed E-state index contributed by atoms with van der Waals surface area (Å²) in [5.41, 5.74) is 3.82. The molecule has 13 heteroatoms. The minimum Gasteiger partial charge on any atom is -0.351 e. The monoisotopic (exact) mass is 513 g/mol. The molecule has 3 rings (SSSR count). The normalized spacial score (nSPS) is 12.8. The van der Waals surface area contributed by atoms with Crippen LogP contribution in [0.25, 0.3) is 5.69 Å². The molecule has 1 atom stereocenters. The van der Waals surface area contributed by atoms with Gasteiger partial charge in [-0.3, -0.25) is 9.59 Å². The predicted octanol–water partition coefficient (Wildman–Crippen LogP) is 3.80. The van der Waals surface area contributed by atoms with Gasteiger partial charge in [0, 0.05) is 19.2 Å². The molecule has 2 aromatic carbocycles. The number of rotatable bonds is 7. The number of hydrogen-bond donors (Lipinski definition) is 3. The third-order valence-electron chi connectivity index (χ3n) is 5.00. The molecule has 0 spiro atoms. The summed E-state index contributed by atoms with van der Waals surface area (Å²) in [7, 11) is 0. The largest absolute Gasteiger partial charge is 0.435 e. The molecule has 4 N–H and O–H groups in total. The molecule has 0 unspecified atom stereocenters. The van der Waals surface area contributed by atoms with Crippen LogP contribution in [0.15, 0.2) is 54.6 Å². The highest BCUT2D eigenvalue weighted by Crippen LogP contribution is 2.30. The Morgan fingerprint density at radius 1 is 0.917 bits per heavy atom. The third kappa shape index (κ3) is 6.62. The number of aromatic nitrogens is 2. The molecule has 192 valence electrons. The standard InChI is InChI=1S/C23H21F6N5O2/c1-13(30)20(35)31-12-15-3-2-4-17(9-15)34-18(10-19(33-34)23(27,28)29)21(36)32-11-14-5-7-16(8-6-14)22(24,25)26/h2-10,13H,11-12,30H2,1H3,(H,31,35)(H,32,36)/t13-/m0/s1. The van der Waals surface area contributed by atoms with Crippen molar-refractivity contribution in [2.24, 2.45) is 5.73 Å². The molecular weight excluding hydrogens is 492 g/mol. The first-order valence-electron chi connectivity index (χ1n) is 10.5. The second-order valence-corrected chi connectivity index (χ2v) is 7.88. The lowest BCUT2D eigenvalue weighted by molar-refractivity contribution is -0.141. The van der Waals surface area contributed by atoms with Crippen molar-refractivity contribution in [3.8, 4) is 5.69 Å². The minimum absolute atomic E-state index is 0.0388. The summed E-state index contributed by atoms with van der Waals surface area (Å²) in [6.45, 7) is 1.30. The van der Waals surface area contributed by atoms with E-state index in [2.05, 4.69) is 15.7 Å². The lowest BCUT2D eigenvalue weighted by atomic mass is 10.1. The van der Waals surface area contributed by atoms with E-state index in [0.29, 0.717) is 17.2 Å². The van der Waals surface area contributed by atoms with Crippen molar-refractivity contribution in [3.63, 3.8) is 0 Å². The van der Waals surface area contributed by atoms with Gasteiger partial charge in [0.2, 0.25) is 5.91 Å². The van der Waals surface area contributed by atoms with Crippen LogP contribution in [-0.4, -0.2) is 27.6 Å². The lowest BCUT2D eigenvalue weighted by Gasteiger charge is -2.12. The zero-order valence-corrected chi connectivity index (χ0v) is 18.7. The van der Waals surface area contributed by atoms with Crippen LogP contribution in [-0.2, 0) is 30.2 Å². The average Bonchev–Trinajstić information content (AvgIpc) is 3.27. The van der Waals surface area contributed by atoms with Crippen LogP contribution in [0.1, 0.15) is 39.8 Å². The van der Waals surface area contributed by atoms with Crippen LogP contribution in [0.2, 0.25) is 0 Å². The van der Waals surface area contributed by atoms with Crippen molar-refractivity contribution in [2.75, 3.05) is 0 Å². The highest BCUT2D eigenvalue weighted by Gasteiger charge is 2.36. The van der Waals surface area contributed by atoms with Gasteiger partial charge in [0.25, 0.3) is 5.91 Å². The van der Waals surface area contributed by atoms with E-state index in [9.17, 15) is 35.9 Å². The number of carbonyl (C=O) groups is 2. The van der Waals surface area contributed by atoms with Gasteiger partial charge in [-0.2, -0.15) is 31.4 Å². The van der Waals surface area contributed by atoms with E-state index in [0.717, 1.165) is 28.9 Å². The van der Waals surface area contributed by atoms with Crippen molar-refractivity contribution in [3.05, 3.63) is 82.7 Å². The van der Waals surface area contributed by atoms with Gasteiger partial charge in [-0.15, -0.1) is 0 Å². The van der Waals surface area contributed by atoms with Gasteiger partial charge in [0.15, 0.2) is 5.69 Å². The molecule has 0 saturated carbocycles. The molecule has 0 bridgehead atoms. The molecule has 0 saturated heterocycles. The van der Waals surface area contributed by atoms with Gasteiger partial charge in [-0.1, -0.05) is 24.3 Å². The smallest absolute Gasteiger partial charge is 0.351 e. The Labute approximate surface area is 201 Å². The first kappa shape index (κ1) is 26.7. The molecule has 0 radical (unpaired) electrons. The van der Waals surface area contributed by atoms with Crippen molar-refractivity contribution in [1.29, 1.82) is 0 Å². The van der Waals surface area contributed by atoms with Crippen molar-refractivity contribution in [1.82, 2.24) is 20.4 Å². The van der Waals surface area contributed by atoms with E-state index in [1.807, 2.05) is 0 Å². The van der Waals surface area contributed by atoms with Gasteiger partial charge in [-0.05, 0) is 42.3 Å². The predicted molar refractivity (Wildman–Crippen MR) is 117 cm³/mol. The van der Waals surface area contributed by atoms with Crippen molar-refractivity contribution < 1.29 is 35.9 Å². The highest BCUT2D eigenvalue weighted by atomic mass is 19.4. The Hall–Kier alpha value is -3.87. The Kier molecular flexibility index (Phi) is 7.72. The fourth-order valence-electron chi connectivity index (χ4n) is 3.11. The Bertz CT molecular complexity index is 1230. The SMILES string of the molecule is C[C@H](N)C(=O)NCc1cccc(-n2nc(C(F)(F)F)cc2C(=O)NCc2ccc(C(F)(F)F)cc2)c1. The quantitative estimate of drug-likeness (QED) is 0.419. The topological polar surface area (TPSA) is 102 Å². The molecular formula is C23H21F6N5O2. The molecule has 0 aliphatic carbocycles. The minimum atomic E-state index is -4.84. The zero-order valence-electron chi connectivity index (χ0n) is 18.7. The fraction of sp³-hybridized carbons (Fsp3) is 0.261. The van der Waals surface area contributed by atoms with Gasteiger partial charge in [0.1, 0.15) is 5.69 Å². The van der Waals surface area contributed by atoms with E-state index in [1.54, 1.807) is 6.07 Å². The molecule has 0 aliphatic heterocycles. The number of nitrogens with zero attached hydrogens (tertiary/aromatic N) is 2. The Balaban J connectivity index is 1.84. The van der Waals surface area contributed by atoms with Crippen molar-refractivity contribution >= 4 is 11.8 Å². The second-order valence-electron chi connectivity index (χ2n) is 7.88. The van der Waals surface area contributed by atoms with Crippen LogP contribution in [0.3, 0.4) is 0 Å². The summed E-state index contributed by atoms with van der Waals surface area (Å²) in [5, 5.41) is 8.50. The fourth-order valence-corrected chi connectivity index (χ4v) is 3.11. The molecule has 1 heterocycles. The van der Waals surface area contributed by atoms with E-state index < -0.39 is 47.2 Å². The maximum atomic E-state index is 13.4. The number of benzene rings is 2. The molecule has 0 aliphatic rings. The third-order valence-corrected chi connectivity index (χ3v) is 5.00. The van der Waals surface area contributed by atoms with E-state index in [1.165, 1.54) is 25.1 Å². The van der Waals surface area contributed by atoms with E-state index in [4.69, 9.17) is 5.73 Å². The lowest BCUT2D eigenvalue weighted by Crippen LogP contribution is -2.37. The Morgan fingerprint density at radius 3 is 2.14 bits per heavy atom. The Morgan fingerprint density at radius 2 is 1.56 bits per heavy atom. The van der Waals surface area contributed by atoms with Gasteiger partial charge in [0.05, 0.1) is 17.3 Å². The van der Waals surface area contributed by atoms with Crippen molar-refractivity contribution in [2.45, 2.75) is 38.4 Å². The average molecular weight is 513 g/mol. The second kappa shape index (κ2) is 10.4. The van der Waals surface area contributed by atoms with Crippen LogP contribution < -0.4 is 16.4 Å². The number of amides is 2. The maximum absolute atomic E-state index is 13.4. The van der Waals surface area contributed by atoms with Crippen LogP contribution >= 0.6 is 0 Å². The summed E-state index contributed by atoms with van der Waals surface area (Å²) in [5.74, 6) is -1.35. The number of halogens is 6. The number of carbonyl (C=O) groups excluding carboxylic acids is 2. The summed E-state index contributed by atoms with van der Waals surface area (Å²) in [6, 6.07) is 9.80. The van der Waals surface area contributed by atoms with Gasteiger partial charge >= 0.3 is 12.4 Å². The summed E-state index contributed by atoms with van der Waals surface area (Å²) < 4.78 is 79.0. The number of alkyl halides is 6. The molecule has 3 aromatic rings. The number of nitrogens with two attached hydrogens (primary N) is 1. The highest BCUT2D eigenvalue weighted by molar-refractivity contribution is 5.93. The first-order valence-corrected chi connectivity index (χ1v) is 10.5. The van der Waals surface area contributed by atoms with Crippen LogP contribution in [0.4, 0.5) is 26.3 Å². The first-order chi connectivity index (χ1) is 16.8. The van der Waals surface area contributed by atoms with Gasteiger partial charge < -0.3 is 16.4 Å².